The van der Waals surface area contributed by atoms with Gasteiger partial charge >= 0.3 is 5.97 Å². The summed E-state index contributed by atoms with van der Waals surface area (Å²) >= 11 is 6.26. The number of allylic oxidation sites excluding steroid dienone is 1. The first-order valence-electron chi connectivity index (χ1n) is 7.53. The molecular weight excluding hydrogens is 304 g/mol. The number of aliphatic carboxylic acids is 1. The molecule has 0 saturated heterocycles. The van der Waals surface area contributed by atoms with Crippen LogP contribution in [0.25, 0.3) is 5.57 Å². The monoisotopic (exact) mass is 326 g/mol. The predicted octanol–water partition coefficient (Wildman–Crippen LogP) is 4.80. The van der Waals surface area contributed by atoms with Crippen LogP contribution in [0.3, 0.4) is 0 Å². The Hall–Kier alpha value is -1.68. The standard InChI is InChI=1S/C17H23ClO4/c1-4-7-12(8-9-17(19)20)13-10-14(18)16(22-6-3)11-15(13)21-5-2/h8,10-11H,4-7,9H2,1-3H3,(H,19,20)/b12-8+. The highest BCUT2D eigenvalue weighted by Crippen LogP contribution is 2.38. The third kappa shape index (κ3) is 5.26. The van der Waals surface area contributed by atoms with E-state index in [9.17, 15) is 4.79 Å². The molecule has 0 amide bonds. The number of halogens is 1. The Morgan fingerprint density at radius 1 is 1.18 bits per heavy atom. The van der Waals surface area contributed by atoms with Gasteiger partial charge in [0.2, 0.25) is 0 Å². The topological polar surface area (TPSA) is 55.8 Å². The third-order valence-electron chi connectivity index (χ3n) is 3.02. The number of ether oxygens (including phenoxy) is 2. The van der Waals surface area contributed by atoms with Gasteiger partial charge in [0.1, 0.15) is 11.5 Å². The van der Waals surface area contributed by atoms with Crippen LogP contribution in [0.4, 0.5) is 0 Å². The third-order valence-corrected chi connectivity index (χ3v) is 3.32. The van der Waals surface area contributed by atoms with Crippen molar-refractivity contribution in [2.24, 2.45) is 0 Å². The second kappa shape index (κ2) is 9.36. The fourth-order valence-electron chi connectivity index (χ4n) is 2.15. The van der Waals surface area contributed by atoms with Crippen LogP contribution >= 0.6 is 11.6 Å². The molecule has 0 spiro atoms. The SMILES string of the molecule is CCC/C(=C\CC(=O)O)c1cc(Cl)c(OCC)cc1OCC. The van der Waals surface area contributed by atoms with E-state index in [1.54, 1.807) is 18.2 Å². The average molecular weight is 327 g/mol. The van der Waals surface area contributed by atoms with Gasteiger partial charge in [-0.05, 0) is 31.9 Å². The Bertz CT molecular complexity index is 538. The summed E-state index contributed by atoms with van der Waals surface area (Å²) in [7, 11) is 0. The van der Waals surface area contributed by atoms with Crippen LogP contribution < -0.4 is 9.47 Å². The van der Waals surface area contributed by atoms with Crippen LogP contribution in [-0.4, -0.2) is 24.3 Å². The van der Waals surface area contributed by atoms with Gasteiger partial charge in [0, 0.05) is 11.6 Å². The van der Waals surface area contributed by atoms with Crippen LogP contribution in [0.2, 0.25) is 5.02 Å². The highest BCUT2D eigenvalue weighted by molar-refractivity contribution is 6.32. The Morgan fingerprint density at radius 3 is 2.36 bits per heavy atom. The fraction of sp³-hybridized carbons (Fsp3) is 0.471. The van der Waals surface area contributed by atoms with Crippen LogP contribution in [0, 0.1) is 0 Å². The van der Waals surface area contributed by atoms with Crippen LogP contribution in [0.15, 0.2) is 18.2 Å². The average Bonchev–Trinajstić information content (AvgIpc) is 2.47. The molecule has 0 aliphatic carbocycles. The molecule has 5 heteroatoms. The minimum atomic E-state index is -0.858. The summed E-state index contributed by atoms with van der Waals surface area (Å²) in [6.07, 6.45) is 3.37. The summed E-state index contributed by atoms with van der Waals surface area (Å²) in [4.78, 5) is 10.8. The van der Waals surface area contributed by atoms with Gasteiger partial charge in [0.15, 0.2) is 0 Å². The minimum Gasteiger partial charge on any atom is -0.493 e. The highest BCUT2D eigenvalue weighted by Gasteiger charge is 2.14. The van der Waals surface area contributed by atoms with Gasteiger partial charge in [-0.15, -0.1) is 0 Å². The summed E-state index contributed by atoms with van der Waals surface area (Å²) in [5.41, 5.74) is 1.76. The van der Waals surface area contributed by atoms with Crippen molar-refractivity contribution in [2.75, 3.05) is 13.2 Å². The maximum Gasteiger partial charge on any atom is 0.307 e. The lowest BCUT2D eigenvalue weighted by molar-refractivity contribution is -0.135. The maximum absolute atomic E-state index is 10.8. The van der Waals surface area contributed by atoms with E-state index in [2.05, 4.69) is 0 Å². The van der Waals surface area contributed by atoms with E-state index in [1.165, 1.54) is 0 Å². The molecule has 22 heavy (non-hydrogen) atoms. The molecule has 1 rings (SSSR count). The molecule has 0 unspecified atom stereocenters. The summed E-state index contributed by atoms with van der Waals surface area (Å²) in [6, 6.07) is 3.57. The van der Waals surface area contributed by atoms with Gasteiger partial charge < -0.3 is 14.6 Å². The van der Waals surface area contributed by atoms with Crippen molar-refractivity contribution < 1.29 is 19.4 Å². The number of carboxylic acid groups (broad SMARTS) is 1. The Balaban J connectivity index is 3.30. The molecule has 0 heterocycles. The normalized spacial score (nSPS) is 11.4. The lowest BCUT2D eigenvalue weighted by Gasteiger charge is -2.16. The van der Waals surface area contributed by atoms with Crippen LogP contribution in [0.5, 0.6) is 11.5 Å². The number of carbonyl (C=O) groups is 1. The largest absolute Gasteiger partial charge is 0.493 e. The van der Waals surface area contributed by atoms with Gasteiger partial charge in [0.25, 0.3) is 0 Å². The van der Waals surface area contributed by atoms with Gasteiger partial charge in [-0.1, -0.05) is 31.0 Å². The second-order valence-electron chi connectivity index (χ2n) is 4.72. The molecular formula is C17H23ClO4. The van der Waals surface area contributed by atoms with E-state index in [-0.39, 0.29) is 6.42 Å². The molecule has 0 aliphatic rings. The lowest BCUT2D eigenvalue weighted by Crippen LogP contribution is -2.00. The molecule has 122 valence electrons. The number of hydrogen-bond acceptors (Lipinski definition) is 3. The second-order valence-corrected chi connectivity index (χ2v) is 5.13. The van der Waals surface area contributed by atoms with Crippen molar-refractivity contribution in [3.05, 3.63) is 28.8 Å². The molecule has 0 aromatic heterocycles. The van der Waals surface area contributed by atoms with Crippen molar-refractivity contribution in [3.63, 3.8) is 0 Å². The summed E-state index contributed by atoms with van der Waals surface area (Å²) in [5.74, 6) is 0.384. The highest BCUT2D eigenvalue weighted by atomic mass is 35.5. The van der Waals surface area contributed by atoms with E-state index in [1.807, 2.05) is 20.8 Å². The minimum absolute atomic E-state index is 0.0221. The van der Waals surface area contributed by atoms with E-state index in [0.717, 1.165) is 24.0 Å². The number of hydrogen-bond donors (Lipinski definition) is 1. The Labute approximate surface area is 136 Å². The van der Waals surface area contributed by atoms with Crippen LogP contribution in [0.1, 0.15) is 45.6 Å². The zero-order valence-corrected chi connectivity index (χ0v) is 14.1. The lowest BCUT2D eigenvalue weighted by atomic mass is 9.99. The molecule has 0 atom stereocenters. The first-order valence-corrected chi connectivity index (χ1v) is 7.91. The van der Waals surface area contributed by atoms with E-state index in [4.69, 9.17) is 26.2 Å². The summed E-state index contributed by atoms with van der Waals surface area (Å²) in [5, 5.41) is 9.39. The van der Waals surface area contributed by atoms with Crippen molar-refractivity contribution >= 4 is 23.1 Å². The Kier molecular flexibility index (Phi) is 7.82. The molecule has 1 aromatic carbocycles. The first kappa shape index (κ1) is 18.4. The maximum atomic E-state index is 10.8. The molecule has 1 aromatic rings. The van der Waals surface area contributed by atoms with E-state index >= 15 is 0 Å². The predicted molar refractivity (Wildman–Crippen MR) is 88.9 cm³/mol. The molecule has 0 bridgehead atoms. The van der Waals surface area contributed by atoms with Crippen molar-refractivity contribution in [1.82, 2.24) is 0 Å². The molecule has 0 radical (unpaired) electrons. The summed E-state index contributed by atoms with van der Waals surface area (Å²) < 4.78 is 11.2. The molecule has 0 fully saturated rings. The van der Waals surface area contributed by atoms with Gasteiger partial charge in [0.05, 0.1) is 24.7 Å². The van der Waals surface area contributed by atoms with Crippen molar-refractivity contribution in [1.29, 1.82) is 0 Å². The number of carboxylic acids is 1. The Morgan fingerprint density at radius 2 is 1.82 bits per heavy atom. The van der Waals surface area contributed by atoms with Crippen molar-refractivity contribution in [3.8, 4) is 11.5 Å². The zero-order valence-electron chi connectivity index (χ0n) is 13.3. The fourth-order valence-corrected chi connectivity index (χ4v) is 2.37. The van der Waals surface area contributed by atoms with Crippen molar-refractivity contribution in [2.45, 2.75) is 40.0 Å². The smallest absolute Gasteiger partial charge is 0.307 e. The number of benzene rings is 1. The first-order chi connectivity index (χ1) is 10.5. The molecule has 0 saturated carbocycles. The molecule has 0 aliphatic heterocycles. The molecule has 1 N–H and O–H groups in total. The van der Waals surface area contributed by atoms with Gasteiger partial charge in [-0.2, -0.15) is 0 Å². The van der Waals surface area contributed by atoms with Gasteiger partial charge in [-0.25, -0.2) is 0 Å². The summed E-state index contributed by atoms with van der Waals surface area (Å²) in [6.45, 7) is 6.87. The zero-order chi connectivity index (χ0) is 16.5. The van der Waals surface area contributed by atoms with E-state index < -0.39 is 5.97 Å². The molecule has 4 nitrogen and oxygen atoms in total. The number of rotatable bonds is 9. The van der Waals surface area contributed by atoms with Crippen LogP contribution in [-0.2, 0) is 4.79 Å². The quantitative estimate of drug-likeness (QED) is 0.708. The van der Waals surface area contributed by atoms with E-state index in [0.29, 0.717) is 29.7 Å². The van der Waals surface area contributed by atoms with Gasteiger partial charge in [-0.3, -0.25) is 4.79 Å².